The van der Waals surface area contributed by atoms with Crippen LogP contribution in [-0.4, -0.2) is 29.2 Å². The van der Waals surface area contributed by atoms with Crippen molar-refractivity contribution in [3.63, 3.8) is 0 Å². The van der Waals surface area contributed by atoms with Crippen molar-refractivity contribution in [2.24, 2.45) is 5.92 Å². The maximum atomic E-state index is 5.69. The number of aromatic amines is 1. The number of hydrogen-bond donors (Lipinski definition) is 2. The van der Waals surface area contributed by atoms with E-state index in [2.05, 4.69) is 22.2 Å². The zero-order valence-electron chi connectivity index (χ0n) is 10.6. The number of para-hydroxylation sites is 2. The van der Waals surface area contributed by atoms with Crippen molar-refractivity contribution in [2.45, 2.75) is 25.9 Å². The van der Waals surface area contributed by atoms with Gasteiger partial charge in [-0.25, -0.2) is 4.98 Å². The Balaban J connectivity index is 1.66. The molecule has 2 unspecified atom stereocenters. The van der Waals surface area contributed by atoms with Crippen molar-refractivity contribution in [1.82, 2.24) is 9.97 Å². The Hall–Kier alpha value is -1.55. The first-order chi connectivity index (χ1) is 8.86. The van der Waals surface area contributed by atoms with Crippen LogP contribution >= 0.6 is 0 Å². The van der Waals surface area contributed by atoms with Crippen LogP contribution in [0.2, 0.25) is 0 Å². The van der Waals surface area contributed by atoms with Gasteiger partial charge in [-0.1, -0.05) is 19.1 Å². The predicted octanol–water partition coefficient (Wildman–Crippen LogP) is 2.79. The van der Waals surface area contributed by atoms with E-state index >= 15 is 0 Å². The molecule has 2 aromatic rings. The molecule has 0 saturated carbocycles. The van der Waals surface area contributed by atoms with Gasteiger partial charge in [0.15, 0.2) is 0 Å². The van der Waals surface area contributed by atoms with Gasteiger partial charge in [0.2, 0.25) is 5.95 Å². The van der Waals surface area contributed by atoms with E-state index in [0.717, 1.165) is 43.0 Å². The Morgan fingerprint density at radius 1 is 1.44 bits per heavy atom. The molecule has 4 heteroatoms. The lowest BCUT2D eigenvalue weighted by atomic mass is 10.00. The highest BCUT2D eigenvalue weighted by molar-refractivity contribution is 5.77. The number of benzene rings is 1. The number of rotatable bonds is 4. The number of ether oxygens (including phenoxy) is 1. The highest BCUT2D eigenvalue weighted by Crippen LogP contribution is 2.23. The van der Waals surface area contributed by atoms with Crippen molar-refractivity contribution in [1.29, 1.82) is 0 Å². The van der Waals surface area contributed by atoms with Gasteiger partial charge < -0.3 is 15.0 Å². The lowest BCUT2D eigenvalue weighted by Gasteiger charge is -2.16. The van der Waals surface area contributed by atoms with Gasteiger partial charge in [-0.2, -0.15) is 0 Å². The van der Waals surface area contributed by atoms with Crippen LogP contribution in [0.15, 0.2) is 24.3 Å². The van der Waals surface area contributed by atoms with Crippen LogP contribution in [-0.2, 0) is 4.74 Å². The van der Waals surface area contributed by atoms with Gasteiger partial charge in [-0.15, -0.1) is 0 Å². The van der Waals surface area contributed by atoms with Crippen LogP contribution in [0, 0.1) is 5.92 Å². The SMILES string of the molecule is CCC1OCCC1CNc1nc2ccccc2[nH]1. The lowest BCUT2D eigenvalue weighted by Crippen LogP contribution is -2.23. The molecule has 1 aliphatic rings. The van der Waals surface area contributed by atoms with Crippen molar-refractivity contribution in [3.8, 4) is 0 Å². The largest absolute Gasteiger partial charge is 0.378 e. The molecule has 18 heavy (non-hydrogen) atoms. The predicted molar refractivity (Wildman–Crippen MR) is 72.7 cm³/mol. The standard InChI is InChI=1S/C14H19N3O/c1-2-13-10(7-8-18-13)9-15-14-16-11-5-3-4-6-12(11)17-14/h3-6,10,13H,2,7-9H2,1H3,(H2,15,16,17). The number of anilines is 1. The Morgan fingerprint density at radius 3 is 3.17 bits per heavy atom. The van der Waals surface area contributed by atoms with Gasteiger partial charge in [-0.3, -0.25) is 0 Å². The summed E-state index contributed by atoms with van der Waals surface area (Å²) in [7, 11) is 0. The molecule has 96 valence electrons. The topological polar surface area (TPSA) is 49.9 Å². The van der Waals surface area contributed by atoms with Gasteiger partial charge in [0, 0.05) is 19.1 Å². The Labute approximate surface area is 107 Å². The molecule has 2 heterocycles. The second kappa shape index (κ2) is 4.98. The first-order valence-electron chi connectivity index (χ1n) is 6.67. The lowest BCUT2D eigenvalue weighted by molar-refractivity contribution is 0.0900. The van der Waals surface area contributed by atoms with E-state index in [1.807, 2.05) is 24.3 Å². The number of nitrogens with zero attached hydrogens (tertiary/aromatic N) is 1. The quantitative estimate of drug-likeness (QED) is 0.870. The molecule has 4 nitrogen and oxygen atoms in total. The minimum atomic E-state index is 0.405. The summed E-state index contributed by atoms with van der Waals surface area (Å²) < 4.78 is 5.69. The number of aromatic nitrogens is 2. The second-order valence-electron chi connectivity index (χ2n) is 4.85. The summed E-state index contributed by atoms with van der Waals surface area (Å²) in [6.07, 6.45) is 2.64. The molecule has 1 aromatic heterocycles. The van der Waals surface area contributed by atoms with E-state index in [1.165, 1.54) is 0 Å². The van der Waals surface area contributed by atoms with Gasteiger partial charge in [0.1, 0.15) is 0 Å². The average Bonchev–Trinajstić information content (AvgIpc) is 3.01. The molecule has 3 rings (SSSR count). The molecule has 0 bridgehead atoms. The fourth-order valence-electron chi connectivity index (χ4n) is 2.64. The summed E-state index contributed by atoms with van der Waals surface area (Å²) in [6.45, 7) is 4.01. The van der Waals surface area contributed by atoms with E-state index in [4.69, 9.17) is 4.74 Å². The number of fused-ring (bicyclic) bond motifs is 1. The molecule has 0 radical (unpaired) electrons. The Morgan fingerprint density at radius 2 is 2.33 bits per heavy atom. The number of nitrogens with one attached hydrogen (secondary N) is 2. The van der Waals surface area contributed by atoms with Gasteiger partial charge in [0.05, 0.1) is 17.1 Å². The van der Waals surface area contributed by atoms with Crippen LogP contribution in [0.4, 0.5) is 5.95 Å². The van der Waals surface area contributed by atoms with Crippen LogP contribution in [0.3, 0.4) is 0 Å². The molecule has 1 aromatic carbocycles. The van der Waals surface area contributed by atoms with Gasteiger partial charge >= 0.3 is 0 Å². The van der Waals surface area contributed by atoms with Crippen LogP contribution in [0.25, 0.3) is 11.0 Å². The third-order valence-electron chi connectivity index (χ3n) is 3.67. The molecule has 2 N–H and O–H groups in total. The Kier molecular flexibility index (Phi) is 3.19. The molecule has 2 atom stereocenters. The highest BCUT2D eigenvalue weighted by Gasteiger charge is 2.26. The smallest absolute Gasteiger partial charge is 0.201 e. The zero-order chi connectivity index (χ0) is 12.4. The maximum absolute atomic E-state index is 5.69. The van der Waals surface area contributed by atoms with Crippen molar-refractivity contribution in [2.75, 3.05) is 18.5 Å². The van der Waals surface area contributed by atoms with Crippen molar-refractivity contribution >= 4 is 17.0 Å². The molecule has 0 aliphatic carbocycles. The number of imidazole rings is 1. The minimum Gasteiger partial charge on any atom is -0.378 e. The normalized spacial score (nSPS) is 23.6. The van der Waals surface area contributed by atoms with E-state index in [0.29, 0.717) is 12.0 Å². The fourth-order valence-corrected chi connectivity index (χ4v) is 2.64. The molecule has 1 saturated heterocycles. The summed E-state index contributed by atoms with van der Waals surface area (Å²) in [5.41, 5.74) is 2.09. The van der Waals surface area contributed by atoms with Crippen LogP contribution < -0.4 is 5.32 Å². The minimum absolute atomic E-state index is 0.405. The van der Waals surface area contributed by atoms with Crippen molar-refractivity contribution < 1.29 is 4.74 Å². The number of hydrogen-bond acceptors (Lipinski definition) is 3. The third kappa shape index (κ3) is 2.20. The summed E-state index contributed by atoms with van der Waals surface area (Å²) in [4.78, 5) is 7.81. The van der Waals surface area contributed by atoms with Gasteiger partial charge in [0.25, 0.3) is 0 Å². The van der Waals surface area contributed by atoms with Crippen LogP contribution in [0.1, 0.15) is 19.8 Å². The fraction of sp³-hybridized carbons (Fsp3) is 0.500. The van der Waals surface area contributed by atoms with E-state index in [9.17, 15) is 0 Å². The average molecular weight is 245 g/mol. The van der Waals surface area contributed by atoms with Gasteiger partial charge in [-0.05, 0) is 25.0 Å². The first kappa shape index (κ1) is 11.5. The van der Waals surface area contributed by atoms with Crippen LogP contribution in [0.5, 0.6) is 0 Å². The van der Waals surface area contributed by atoms with E-state index < -0.39 is 0 Å². The first-order valence-corrected chi connectivity index (χ1v) is 6.67. The zero-order valence-corrected chi connectivity index (χ0v) is 10.6. The molecule has 1 aliphatic heterocycles. The highest BCUT2D eigenvalue weighted by atomic mass is 16.5. The Bertz CT molecular complexity index is 489. The summed E-state index contributed by atoms with van der Waals surface area (Å²) in [6, 6.07) is 8.08. The van der Waals surface area contributed by atoms with E-state index in [-0.39, 0.29) is 0 Å². The van der Waals surface area contributed by atoms with E-state index in [1.54, 1.807) is 0 Å². The molecule has 1 fully saturated rings. The van der Waals surface area contributed by atoms with Crippen molar-refractivity contribution in [3.05, 3.63) is 24.3 Å². The molecular formula is C14H19N3O. The summed E-state index contributed by atoms with van der Waals surface area (Å²) >= 11 is 0. The number of H-pyrrole nitrogens is 1. The summed E-state index contributed by atoms with van der Waals surface area (Å²) in [5.74, 6) is 1.46. The molecule has 0 spiro atoms. The second-order valence-corrected chi connectivity index (χ2v) is 4.85. The monoisotopic (exact) mass is 245 g/mol. The maximum Gasteiger partial charge on any atom is 0.201 e. The molecule has 0 amide bonds. The third-order valence-corrected chi connectivity index (χ3v) is 3.67. The summed E-state index contributed by atoms with van der Waals surface area (Å²) in [5, 5.41) is 3.39. The molecular weight excluding hydrogens is 226 g/mol.